The number of piperidine rings is 1. The van der Waals surface area contributed by atoms with Gasteiger partial charge in [-0.3, -0.25) is 4.79 Å². The van der Waals surface area contributed by atoms with Crippen LogP contribution in [0.25, 0.3) is 0 Å². The van der Waals surface area contributed by atoms with Crippen LogP contribution in [0.5, 0.6) is 5.75 Å². The summed E-state index contributed by atoms with van der Waals surface area (Å²) in [7, 11) is -4.02. The molecule has 2 unspecified atom stereocenters. The Balaban J connectivity index is 2.24. The van der Waals surface area contributed by atoms with Crippen molar-refractivity contribution in [3.63, 3.8) is 0 Å². The van der Waals surface area contributed by atoms with Crippen molar-refractivity contribution >= 4 is 16.0 Å². The molecule has 7 nitrogen and oxygen atoms in total. The number of aliphatic hydroxyl groups excluding tert-OH is 1. The minimum atomic E-state index is -4.02. The Hall–Kier alpha value is -2.08. The maximum atomic E-state index is 12.7. The number of β-amino-alcohol motifs (C(OH)–C–C–N with tert-alkyl or cyclic N) is 1. The van der Waals surface area contributed by atoms with Crippen LogP contribution in [0.1, 0.15) is 19.8 Å². The molecule has 24 heavy (non-hydrogen) atoms. The molecule has 0 aliphatic carbocycles. The number of hydrogen-bond acceptors (Lipinski definition) is 5. The first-order valence-electron chi connectivity index (χ1n) is 7.41. The van der Waals surface area contributed by atoms with E-state index in [4.69, 9.17) is 4.74 Å². The Morgan fingerprint density at radius 2 is 2.00 bits per heavy atom. The van der Waals surface area contributed by atoms with Crippen molar-refractivity contribution in [3.05, 3.63) is 24.3 Å². The van der Waals surface area contributed by atoms with E-state index in [9.17, 15) is 23.4 Å². The van der Waals surface area contributed by atoms with E-state index in [0.29, 0.717) is 5.75 Å². The van der Waals surface area contributed by atoms with E-state index in [1.807, 2.05) is 0 Å². The van der Waals surface area contributed by atoms with Crippen LogP contribution < -0.4 is 4.74 Å². The lowest BCUT2D eigenvalue weighted by Gasteiger charge is -2.34. The third-order valence-electron chi connectivity index (χ3n) is 3.71. The number of benzene rings is 1. The van der Waals surface area contributed by atoms with Gasteiger partial charge in [-0.05, 0) is 44.0 Å². The number of aliphatic carboxylic acids is 1. The van der Waals surface area contributed by atoms with Gasteiger partial charge < -0.3 is 14.9 Å². The van der Waals surface area contributed by atoms with Gasteiger partial charge >= 0.3 is 5.97 Å². The molecule has 2 rings (SSSR count). The Labute approximate surface area is 140 Å². The van der Waals surface area contributed by atoms with Crippen LogP contribution in [0.4, 0.5) is 0 Å². The maximum Gasteiger partial charge on any atom is 0.322 e. The minimum Gasteiger partial charge on any atom is -0.481 e. The molecule has 0 spiro atoms. The molecule has 2 N–H and O–H groups in total. The number of carbonyl (C=O) groups is 1. The third kappa shape index (κ3) is 4.06. The van der Waals surface area contributed by atoms with Crippen molar-refractivity contribution in [2.75, 3.05) is 13.2 Å². The lowest BCUT2D eigenvalue weighted by Crippen LogP contribution is -2.51. The van der Waals surface area contributed by atoms with Gasteiger partial charge in [0.15, 0.2) is 0 Å². The molecular weight excluding hydrogens is 334 g/mol. The highest BCUT2D eigenvalue weighted by Crippen LogP contribution is 2.27. The largest absolute Gasteiger partial charge is 0.481 e. The van der Waals surface area contributed by atoms with E-state index in [2.05, 4.69) is 11.8 Å². The highest BCUT2D eigenvalue weighted by atomic mass is 32.2. The number of hydrogen-bond donors (Lipinski definition) is 2. The summed E-state index contributed by atoms with van der Waals surface area (Å²) < 4.78 is 31.6. The number of ether oxygens (including phenoxy) is 1. The molecule has 130 valence electrons. The van der Waals surface area contributed by atoms with Gasteiger partial charge in [-0.25, -0.2) is 8.42 Å². The van der Waals surface area contributed by atoms with Crippen LogP contribution in [0.15, 0.2) is 29.2 Å². The monoisotopic (exact) mass is 353 g/mol. The smallest absolute Gasteiger partial charge is 0.322 e. The number of carboxylic acids is 1. The second kappa shape index (κ2) is 7.66. The average Bonchev–Trinajstić information content (AvgIpc) is 2.55. The van der Waals surface area contributed by atoms with Gasteiger partial charge in [0, 0.05) is 6.54 Å². The van der Waals surface area contributed by atoms with Crippen LogP contribution in [0.3, 0.4) is 0 Å². The Kier molecular flexibility index (Phi) is 5.83. The molecule has 0 saturated carbocycles. The van der Waals surface area contributed by atoms with E-state index < -0.39 is 28.1 Å². The second-order valence-corrected chi connectivity index (χ2v) is 7.24. The van der Waals surface area contributed by atoms with Crippen LogP contribution in [-0.4, -0.2) is 54.2 Å². The minimum absolute atomic E-state index is 0.0447. The fraction of sp³-hybridized carbons (Fsp3) is 0.438. The summed E-state index contributed by atoms with van der Waals surface area (Å²) in [6.07, 6.45) is -0.536. The van der Waals surface area contributed by atoms with E-state index >= 15 is 0 Å². The fourth-order valence-corrected chi connectivity index (χ4v) is 4.12. The molecule has 1 fully saturated rings. The first-order valence-corrected chi connectivity index (χ1v) is 8.85. The van der Waals surface area contributed by atoms with Crippen LogP contribution in [-0.2, 0) is 14.8 Å². The van der Waals surface area contributed by atoms with Crippen molar-refractivity contribution in [2.45, 2.75) is 36.8 Å². The Bertz CT molecular complexity index is 747. The maximum absolute atomic E-state index is 12.7. The molecule has 1 heterocycles. The van der Waals surface area contributed by atoms with E-state index in [1.165, 1.54) is 24.3 Å². The standard InChI is InChI=1S/C16H19NO6S/c1-2-3-10-23-13-5-7-14(8-6-13)24(21,22)17-11-12(18)4-9-15(17)16(19)20/h5-8,12,15,18H,4,9-11H2,1H3,(H,19,20). The van der Waals surface area contributed by atoms with Crippen molar-refractivity contribution in [2.24, 2.45) is 0 Å². The lowest BCUT2D eigenvalue weighted by molar-refractivity contribution is -0.143. The van der Waals surface area contributed by atoms with Gasteiger partial charge in [-0.1, -0.05) is 5.92 Å². The highest BCUT2D eigenvalue weighted by molar-refractivity contribution is 7.89. The number of aliphatic hydroxyl groups is 1. The topological polar surface area (TPSA) is 104 Å². The van der Waals surface area contributed by atoms with Gasteiger partial charge in [0.2, 0.25) is 10.0 Å². The van der Waals surface area contributed by atoms with Crippen molar-refractivity contribution in [3.8, 4) is 17.6 Å². The quantitative estimate of drug-likeness (QED) is 0.755. The van der Waals surface area contributed by atoms with Gasteiger partial charge in [0.1, 0.15) is 18.4 Å². The summed E-state index contributed by atoms with van der Waals surface area (Å²) in [6.45, 7) is 1.65. The molecule has 8 heteroatoms. The predicted octanol–water partition coefficient (Wildman–Crippen LogP) is 0.687. The molecular formula is C16H19NO6S. The summed E-state index contributed by atoms with van der Waals surface area (Å²) >= 11 is 0. The molecule has 1 aromatic carbocycles. The van der Waals surface area contributed by atoms with Gasteiger partial charge in [-0.2, -0.15) is 4.31 Å². The van der Waals surface area contributed by atoms with Crippen LogP contribution >= 0.6 is 0 Å². The molecule has 0 amide bonds. The first kappa shape index (κ1) is 18.3. The summed E-state index contributed by atoms with van der Waals surface area (Å²) in [6, 6.07) is 4.50. The second-order valence-electron chi connectivity index (χ2n) is 5.35. The van der Waals surface area contributed by atoms with Crippen LogP contribution in [0.2, 0.25) is 0 Å². The number of nitrogens with zero attached hydrogens (tertiary/aromatic N) is 1. The highest BCUT2D eigenvalue weighted by Gasteiger charge is 2.40. The number of rotatable bonds is 5. The lowest BCUT2D eigenvalue weighted by atomic mass is 10.0. The van der Waals surface area contributed by atoms with Crippen molar-refractivity contribution in [1.29, 1.82) is 0 Å². The summed E-state index contributed by atoms with van der Waals surface area (Å²) in [5, 5.41) is 19.0. The normalized spacial score (nSPS) is 21.6. The van der Waals surface area contributed by atoms with E-state index in [-0.39, 0.29) is 30.9 Å². The van der Waals surface area contributed by atoms with E-state index in [0.717, 1.165) is 4.31 Å². The summed E-state index contributed by atoms with van der Waals surface area (Å²) in [4.78, 5) is 11.3. The van der Waals surface area contributed by atoms with Crippen LogP contribution in [0, 0.1) is 11.8 Å². The molecule has 0 radical (unpaired) electrons. The Morgan fingerprint density at radius 3 is 2.58 bits per heavy atom. The molecule has 2 atom stereocenters. The molecule has 0 aromatic heterocycles. The summed E-state index contributed by atoms with van der Waals surface area (Å²) in [5.74, 6) is 4.65. The van der Waals surface area contributed by atoms with Crippen molar-refractivity contribution in [1.82, 2.24) is 4.31 Å². The first-order chi connectivity index (χ1) is 11.4. The van der Waals surface area contributed by atoms with Crippen molar-refractivity contribution < 1.29 is 28.2 Å². The zero-order valence-electron chi connectivity index (χ0n) is 13.2. The Morgan fingerprint density at radius 1 is 1.33 bits per heavy atom. The molecule has 1 aromatic rings. The predicted molar refractivity (Wildman–Crippen MR) is 85.9 cm³/mol. The third-order valence-corrected chi connectivity index (χ3v) is 5.60. The average molecular weight is 353 g/mol. The summed E-state index contributed by atoms with van der Waals surface area (Å²) in [5.41, 5.74) is 0. The van der Waals surface area contributed by atoms with Gasteiger partial charge in [-0.15, -0.1) is 5.92 Å². The van der Waals surface area contributed by atoms with E-state index in [1.54, 1.807) is 6.92 Å². The zero-order chi connectivity index (χ0) is 17.7. The number of sulfonamides is 1. The molecule has 1 aliphatic heterocycles. The SMILES string of the molecule is CC#CCOc1ccc(S(=O)(=O)N2CC(O)CCC2C(=O)O)cc1. The molecule has 0 bridgehead atoms. The van der Waals surface area contributed by atoms with Gasteiger partial charge in [0.05, 0.1) is 11.0 Å². The number of carboxylic acid groups (broad SMARTS) is 1. The molecule has 1 saturated heterocycles. The molecule has 1 aliphatic rings. The fourth-order valence-electron chi connectivity index (χ4n) is 2.47. The zero-order valence-corrected chi connectivity index (χ0v) is 14.0. The van der Waals surface area contributed by atoms with Gasteiger partial charge in [0.25, 0.3) is 0 Å².